The Morgan fingerprint density at radius 3 is 2.90 bits per heavy atom. The van der Waals surface area contributed by atoms with Gasteiger partial charge in [0.05, 0.1) is 25.0 Å². The number of aromatic nitrogens is 2. The molecule has 0 saturated heterocycles. The van der Waals surface area contributed by atoms with Gasteiger partial charge >= 0.3 is 0 Å². The first-order valence-corrected chi connectivity index (χ1v) is 6.81. The van der Waals surface area contributed by atoms with Gasteiger partial charge in [0.15, 0.2) is 0 Å². The number of ether oxygens (including phenoxy) is 1. The maximum Gasteiger partial charge on any atom is 0.226 e. The van der Waals surface area contributed by atoms with Crippen molar-refractivity contribution >= 4 is 11.6 Å². The molecule has 0 aliphatic carbocycles. The molecule has 1 aromatic heterocycles. The number of amides is 1. The van der Waals surface area contributed by atoms with E-state index in [1.54, 1.807) is 24.2 Å². The van der Waals surface area contributed by atoms with Gasteiger partial charge in [0, 0.05) is 25.8 Å². The quantitative estimate of drug-likeness (QED) is 0.810. The SMILES string of the molecule is COCCn1cc(NC(=O)CC(N)c2ccccc2)cn1. The molecule has 1 amide bonds. The third-order valence-electron chi connectivity index (χ3n) is 3.07. The van der Waals surface area contributed by atoms with Crippen LogP contribution in [0.2, 0.25) is 0 Å². The van der Waals surface area contributed by atoms with E-state index >= 15 is 0 Å². The summed E-state index contributed by atoms with van der Waals surface area (Å²) < 4.78 is 6.69. The Morgan fingerprint density at radius 1 is 1.43 bits per heavy atom. The van der Waals surface area contributed by atoms with E-state index in [1.165, 1.54) is 0 Å². The lowest BCUT2D eigenvalue weighted by molar-refractivity contribution is -0.116. The Bertz CT molecular complexity index is 568. The van der Waals surface area contributed by atoms with E-state index in [0.29, 0.717) is 18.8 Å². The second-order valence-electron chi connectivity index (χ2n) is 4.75. The number of carbonyl (C=O) groups is 1. The first-order valence-electron chi connectivity index (χ1n) is 6.81. The van der Waals surface area contributed by atoms with Crippen molar-refractivity contribution in [2.75, 3.05) is 19.0 Å². The number of nitrogens with zero attached hydrogens (tertiary/aromatic N) is 2. The first-order chi connectivity index (χ1) is 10.2. The molecule has 0 aliphatic heterocycles. The molecule has 112 valence electrons. The summed E-state index contributed by atoms with van der Waals surface area (Å²) in [4.78, 5) is 12.0. The third kappa shape index (κ3) is 4.70. The van der Waals surface area contributed by atoms with Gasteiger partial charge in [0.1, 0.15) is 0 Å². The van der Waals surface area contributed by atoms with Crippen molar-refractivity contribution in [2.45, 2.75) is 19.0 Å². The molecule has 2 aromatic rings. The van der Waals surface area contributed by atoms with E-state index in [2.05, 4.69) is 10.4 Å². The molecule has 1 aromatic carbocycles. The Labute approximate surface area is 123 Å². The summed E-state index contributed by atoms with van der Waals surface area (Å²) in [6, 6.07) is 9.26. The molecule has 0 saturated carbocycles. The smallest absolute Gasteiger partial charge is 0.226 e. The van der Waals surface area contributed by atoms with E-state index < -0.39 is 0 Å². The van der Waals surface area contributed by atoms with Crippen LogP contribution in [0, 0.1) is 0 Å². The highest BCUT2D eigenvalue weighted by atomic mass is 16.5. The Morgan fingerprint density at radius 2 is 2.19 bits per heavy atom. The summed E-state index contributed by atoms with van der Waals surface area (Å²) in [5, 5.41) is 6.93. The summed E-state index contributed by atoms with van der Waals surface area (Å²) in [5.74, 6) is -0.127. The van der Waals surface area contributed by atoms with Gasteiger partial charge in [-0.15, -0.1) is 0 Å². The summed E-state index contributed by atoms with van der Waals surface area (Å²) in [6.07, 6.45) is 3.61. The fraction of sp³-hybridized carbons (Fsp3) is 0.333. The molecule has 6 heteroatoms. The highest BCUT2D eigenvalue weighted by Crippen LogP contribution is 2.14. The van der Waals surface area contributed by atoms with Crippen molar-refractivity contribution in [1.82, 2.24) is 9.78 Å². The largest absolute Gasteiger partial charge is 0.383 e. The van der Waals surface area contributed by atoms with Crippen LogP contribution in [0.3, 0.4) is 0 Å². The number of hydrogen-bond donors (Lipinski definition) is 2. The fourth-order valence-corrected chi connectivity index (χ4v) is 1.97. The second-order valence-corrected chi connectivity index (χ2v) is 4.75. The van der Waals surface area contributed by atoms with Gasteiger partial charge in [-0.2, -0.15) is 5.10 Å². The minimum absolute atomic E-state index is 0.127. The van der Waals surface area contributed by atoms with Crippen molar-refractivity contribution in [3.8, 4) is 0 Å². The van der Waals surface area contributed by atoms with Crippen LogP contribution in [0.15, 0.2) is 42.7 Å². The van der Waals surface area contributed by atoms with Crippen LogP contribution in [0.4, 0.5) is 5.69 Å². The lowest BCUT2D eigenvalue weighted by atomic mass is 10.0. The van der Waals surface area contributed by atoms with Crippen molar-refractivity contribution < 1.29 is 9.53 Å². The van der Waals surface area contributed by atoms with Gasteiger partial charge in [-0.1, -0.05) is 30.3 Å². The third-order valence-corrected chi connectivity index (χ3v) is 3.07. The standard InChI is InChI=1S/C15H20N4O2/c1-21-8-7-19-11-13(10-17-19)18-15(20)9-14(16)12-5-3-2-4-6-12/h2-6,10-11,14H,7-9,16H2,1H3,(H,18,20). The Hall–Kier alpha value is -2.18. The van der Waals surface area contributed by atoms with Crippen LogP contribution in [-0.2, 0) is 16.1 Å². The zero-order valence-electron chi connectivity index (χ0n) is 12.0. The van der Waals surface area contributed by atoms with Crippen LogP contribution in [0.5, 0.6) is 0 Å². The minimum Gasteiger partial charge on any atom is -0.383 e. The average Bonchev–Trinajstić information content (AvgIpc) is 2.93. The second kappa shape index (κ2) is 7.56. The maximum absolute atomic E-state index is 12.0. The predicted molar refractivity (Wildman–Crippen MR) is 80.7 cm³/mol. The number of nitrogens with two attached hydrogens (primary N) is 1. The summed E-state index contributed by atoms with van der Waals surface area (Å²) in [7, 11) is 1.64. The normalized spacial score (nSPS) is 12.1. The van der Waals surface area contributed by atoms with Crippen molar-refractivity contribution in [2.24, 2.45) is 5.73 Å². The predicted octanol–water partition coefficient (Wildman–Crippen LogP) is 1.56. The van der Waals surface area contributed by atoms with Crippen LogP contribution in [-0.4, -0.2) is 29.4 Å². The highest BCUT2D eigenvalue weighted by Gasteiger charge is 2.12. The fourth-order valence-electron chi connectivity index (χ4n) is 1.97. The Balaban J connectivity index is 1.85. The molecule has 21 heavy (non-hydrogen) atoms. The number of benzene rings is 1. The molecule has 0 spiro atoms. The van der Waals surface area contributed by atoms with Crippen molar-refractivity contribution in [3.63, 3.8) is 0 Å². The maximum atomic E-state index is 12.0. The monoisotopic (exact) mass is 288 g/mol. The van der Waals surface area contributed by atoms with Gasteiger partial charge in [-0.25, -0.2) is 0 Å². The van der Waals surface area contributed by atoms with E-state index in [-0.39, 0.29) is 18.4 Å². The number of anilines is 1. The first kappa shape index (κ1) is 15.2. The number of methoxy groups -OCH3 is 1. The van der Waals surface area contributed by atoms with Crippen LogP contribution in [0.1, 0.15) is 18.0 Å². The minimum atomic E-state index is -0.310. The molecule has 1 heterocycles. The van der Waals surface area contributed by atoms with Gasteiger partial charge < -0.3 is 15.8 Å². The Kier molecular flexibility index (Phi) is 5.48. The molecule has 0 radical (unpaired) electrons. The number of nitrogens with one attached hydrogen (secondary N) is 1. The zero-order valence-corrected chi connectivity index (χ0v) is 12.0. The summed E-state index contributed by atoms with van der Waals surface area (Å²) in [5.41, 5.74) is 7.63. The molecule has 1 atom stereocenters. The molecular formula is C15H20N4O2. The molecule has 1 unspecified atom stereocenters. The lowest BCUT2D eigenvalue weighted by Crippen LogP contribution is -2.20. The number of hydrogen-bond acceptors (Lipinski definition) is 4. The molecule has 0 fully saturated rings. The molecule has 0 bridgehead atoms. The van der Waals surface area contributed by atoms with Gasteiger partial charge in [-0.3, -0.25) is 9.48 Å². The van der Waals surface area contributed by atoms with Crippen LogP contribution < -0.4 is 11.1 Å². The zero-order chi connectivity index (χ0) is 15.1. The number of rotatable bonds is 7. The molecule has 3 N–H and O–H groups in total. The average molecular weight is 288 g/mol. The topological polar surface area (TPSA) is 82.2 Å². The molecular weight excluding hydrogens is 268 g/mol. The molecule has 0 aliphatic rings. The van der Waals surface area contributed by atoms with E-state index in [1.807, 2.05) is 30.3 Å². The van der Waals surface area contributed by atoms with E-state index in [4.69, 9.17) is 10.5 Å². The summed E-state index contributed by atoms with van der Waals surface area (Å²) in [6.45, 7) is 1.23. The van der Waals surface area contributed by atoms with Gasteiger partial charge in [0.25, 0.3) is 0 Å². The molecule has 6 nitrogen and oxygen atoms in total. The van der Waals surface area contributed by atoms with Crippen molar-refractivity contribution in [3.05, 3.63) is 48.3 Å². The highest BCUT2D eigenvalue weighted by molar-refractivity contribution is 5.90. The van der Waals surface area contributed by atoms with Crippen molar-refractivity contribution in [1.29, 1.82) is 0 Å². The lowest BCUT2D eigenvalue weighted by Gasteiger charge is -2.11. The van der Waals surface area contributed by atoms with E-state index in [9.17, 15) is 4.79 Å². The van der Waals surface area contributed by atoms with E-state index in [0.717, 1.165) is 5.56 Å². The van der Waals surface area contributed by atoms with Gasteiger partial charge in [0.2, 0.25) is 5.91 Å². The van der Waals surface area contributed by atoms with Crippen LogP contribution in [0.25, 0.3) is 0 Å². The van der Waals surface area contributed by atoms with Gasteiger partial charge in [-0.05, 0) is 5.56 Å². The summed E-state index contributed by atoms with van der Waals surface area (Å²) >= 11 is 0. The number of carbonyl (C=O) groups excluding carboxylic acids is 1. The molecule has 2 rings (SSSR count). The van der Waals surface area contributed by atoms with Crippen LogP contribution >= 0.6 is 0 Å².